The van der Waals surface area contributed by atoms with E-state index in [4.69, 9.17) is 5.11 Å². The summed E-state index contributed by atoms with van der Waals surface area (Å²) in [6.45, 7) is 4.43. The van der Waals surface area contributed by atoms with Gasteiger partial charge in [-0.2, -0.15) is 0 Å². The highest BCUT2D eigenvalue weighted by Gasteiger charge is 2.21. The Balaban J connectivity index is 2.34. The Kier molecular flexibility index (Phi) is 8.89. The molecule has 3 nitrogen and oxygen atoms in total. The van der Waals surface area contributed by atoms with E-state index in [1.165, 1.54) is 57.8 Å². The monoisotopic (exact) mass is 269 g/mol. The van der Waals surface area contributed by atoms with Gasteiger partial charge in [0.25, 0.3) is 0 Å². The van der Waals surface area contributed by atoms with Crippen molar-refractivity contribution in [2.24, 2.45) is 0 Å². The third kappa shape index (κ3) is 7.56. The van der Waals surface area contributed by atoms with E-state index in [1.807, 2.05) is 0 Å². The van der Waals surface area contributed by atoms with Crippen molar-refractivity contribution in [1.29, 1.82) is 0 Å². The first-order valence-corrected chi connectivity index (χ1v) is 8.20. The third-order valence-electron chi connectivity index (χ3n) is 4.21. The number of carbonyl (C=O) groups is 1. The summed E-state index contributed by atoms with van der Waals surface area (Å²) in [5.41, 5.74) is 0. The average Bonchev–Trinajstić information content (AvgIpc) is 2.65. The van der Waals surface area contributed by atoms with E-state index >= 15 is 0 Å². The third-order valence-corrected chi connectivity index (χ3v) is 4.21. The number of likely N-dealkylation sites (tertiary alicyclic amines) is 1. The predicted molar refractivity (Wildman–Crippen MR) is 79.5 cm³/mol. The molecule has 1 saturated heterocycles. The van der Waals surface area contributed by atoms with Crippen molar-refractivity contribution >= 4 is 5.97 Å². The Labute approximate surface area is 118 Å². The molecule has 0 radical (unpaired) electrons. The zero-order valence-electron chi connectivity index (χ0n) is 12.6. The number of carboxylic acids is 1. The molecule has 1 fully saturated rings. The molecule has 0 saturated carbocycles. The van der Waals surface area contributed by atoms with Crippen LogP contribution in [-0.4, -0.2) is 35.1 Å². The van der Waals surface area contributed by atoms with Crippen LogP contribution in [-0.2, 0) is 4.79 Å². The minimum atomic E-state index is -0.636. The van der Waals surface area contributed by atoms with Crippen LogP contribution >= 0.6 is 0 Å². The van der Waals surface area contributed by atoms with Crippen molar-refractivity contribution in [3.8, 4) is 0 Å². The molecule has 3 heteroatoms. The second-order valence-electron chi connectivity index (χ2n) is 5.90. The van der Waals surface area contributed by atoms with Gasteiger partial charge in [-0.1, -0.05) is 51.9 Å². The van der Waals surface area contributed by atoms with Crippen molar-refractivity contribution in [2.45, 2.75) is 83.6 Å². The van der Waals surface area contributed by atoms with E-state index in [2.05, 4.69) is 11.8 Å². The van der Waals surface area contributed by atoms with Crippen LogP contribution in [0.3, 0.4) is 0 Å². The van der Waals surface area contributed by atoms with Crippen LogP contribution < -0.4 is 0 Å². The average molecular weight is 269 g/mol. The molecule has 1 unspecified atom stereocenters. The number of unbranched alkanes of at least 4 members (excludes halogenated alkanes) is 4. The van der Waals surface area contributed by atoms with E-state index < -0.39 is 5.97 Å². The number of carboxylic acid groups (broad SMARTS) is 1. The van der Waals surface area contributed by atoms with E-state index in [0.717, 1.165) is 19.5 Å². The zero-order chi connectivity index (χ0) is 13.9. The van der Waals surface area contributed by atoms with Crippen molar-refractivity contribution in [3.05, 3.63) is 0 Å². The van der Waals surface area contributed by atoms with Crippen LogP contribution in [0, 0.1) is 0 Å². The SMILES string of the molecule is CCCCCCCC(CC(=O)O)N1CCCCCC1. The fraction of sp³-hybridized carbons (Fsp3) is 0.938. The molecule has 0 amide bonds. The van der Waals surface area contributed by atoms with E-state index in [-0.39, 0.29) is 6.04 Å². The quantitative estimate of drug-likeness (QED) is 0.642. The van der Waals surface area contributed by atoms with Crippen molar-refractivity contribution in [3.63, 3.8) is 0 Å². The molecule has 0 spiro atoms. The molecule has 1 aliphatic rings. The molecule has 0 aromatic rings. The molecule has 0 aromatic carbocycles. The summed E-state index contributed by atoms with van der Waals surface area (Å²) in [7, 11) is 0. The highest BCUT2D eigenvalue weighted by Crippen LogP contribution is 2.19. The minimum Gasteiger partial charge on any atom is -0.481 e. The molecule has 1 atom stereocenters. The Hall–Kier alpha value is -0.570. The van der Waals surface area contributed by atoms with Crippen LogP contribution in [0.25, 0.3) is 0 Å². The van der Waals surface area contributed by atoms with Crippen LogP contribution in [0.1, 0.15) is 77.6 Å². The van der Waals surface area contributed by atoms with Gasteiger partial charge < -0.3 is 5.11 Å². The lowest BCUT2D eigenvalue weighted by molar-refractivity contribution is -0.138. The molecule has 0 bridgehead atoms. The molecule has 1 N–H and O–H groups in total. The van der Waals surface area contributed by atoms with E-state index in [1.54, 1.807) is 0 Å². The van der Waals surface area contributed by atoms with E-state index in [0.29, 0.717) is 6.42 Å². The fourth-order valence-electron chi connectivity index (χ4n) is 3.06. The van der Waals surface area contributed by atoms with Gasteiger partial charge in [0.05, 0.1) is 6.42 Å². The Morgan fingerprint density at radius 1 is 1.05 bits per heavy atom. The number of nitrogens with zero attached hydrogens (tertiary/aromatic N) is 1. The lowest BCUT2D eigenvalue weighted by Crippen LogP contribution is -2.37. The van der Waals surface area contributed by atoms with Gasteiger partial charge in [-0.25, -0.2) is 0 Å². The summed E-state index contributed by atoms with van der Waals surface area (Å²) in [5, 5.41) is 9.10. The number of hydrogen-bond acceptors (Lipinski definition) is 2. The lowest BCUT2D eigenvalue weighted by atomic mass is 10.0. The van der Waals surface area contributed by atoms with Crippen molar-refractivity contribution < 1.29 is 9.90 Å². The molecule has 1 aliphatic heterocycles. The first-order chi connectivity index (χ1) is 9.24. The van der Waals surface area contributed by atoms with Crippen molar-refractivity contribution in [2.75, 3.05) is 13.1 Å². The summed E-state index contributed by atoms with van der Waals surface area (Å²) >= 11 is 0. The van der Waals surface area contributed by atoms with Gasteiger partial charge >= 0.3 is 5.97 Å². The first-order valence-electron chi connectivity index (χ1n) is 8.20. The number of hydrogen-bond donors (Lipinski definition) is 1. The smallest absolute Gasteiger partial charge is 0.304 e. The van der Waals surface area contributed by atoms with Crippen LogP contribution in [0.15, 0.2) is 0 Å². The van der Waals surface area contributed by atoms with Gasteiger partial charge in [0, 0.05) is 6.04 Å². The van der Waals surface area contributed by atoms with Gasteiger partial charge in [0.2, 0.25) is 0 Å². The molecule has 1 heterocycles. The first kappa shape index (κ1) is 16.5. The van der Waals surface area contributed by atoms with Gasteiger partial charge in [0.15, 0.2) is 0 Å². The standard InChI is InChI=1S/C16H31NO2/c1-2-3-4-5-8-11-15(14-16(18)19)17-12-9-6-7-10-13-17/h15H,2-14H2,1H3,(H,18,19). The summed E-state index contributed by atoms with van der Waals surface area (Å²) in [6.07, 6.45) is 12.8. The van der Waals surface area contributed by atoms with Crippen LogP contribution in [0.4, 0.5) is 0 Å². The molecular formula is C16H31NO2. The van der Waals surface area contributed by atoms with Gasteiger partial charge in [-0.3, -0.25) is 9.69 Å². The number of rotatable bonds is 9. The van der Waals surface area contributed by atoms with Crippen LogP contribution in [0.5, 0.6) is 0 Å². The van der Waals surface area contributed by atoms with Crippen LogP contribution in [0.2, 0.25) is 0 Å². The van der Waals surface area contributed by atoms with Gasteiger partial charge in [0.1, 0.15) is 0 Å². The topological polar surface area (TPSA) is 40.5 Å². The second kappa shape index (κ2) is 10.2. The molecule has 0 aromatic heterocycles. The number of aliphatic carboxylic acids is 1. The van der Waals surface area contributed by atoms with Gasteiger partial charge in [-0.05, 0) is 32.4 Å². The Morgan fingerprint density at radius 2 is 1.68 bits per heavy atom. The maximum absolute atomic E-state index is 11.0. The zero-order valence-corrected chi connectivity index (χ0v) is 12.6. The normalized spacial score (nSPS) is 19.0. The van der Waals surface area contributed by atoms with Gasteiger partial charge in [-0.15, -0.1) is 0 Å². The largest absolute Gasteiger partial charge is 0.481 e. The Morgan fingerprint density at radius 3 is 2.26 bits per heavy atom. The minimum absolute atomic E-state index is 0.275. The maximum atomic E-state index is 11.0. The fourth-order valence-corrected chi connectivity index (χ4v) is 3.06. The molecule has 112 valence electrons. The predicted octanol–water partition coefficient (Wildman–Crippen LogP) is 4.07. The summed E-state index contributed by atoms with van der Waals surface area (Å²) < 4.78 is 0. The highest BCUT2D eigenvalue weighted by molar-refractivity contribution is 5.67. The highest BCUT2D eigenvalue weighted by atomic mass is 16.4. The summed E-state index contributed by atoms with van der Waals surface area (Å²) in [5.74, 6) is -0.636. The summed E-state index contributed by atoms with van der Waals surface area (Å²) in [4.78, 5) is 13.5. The van der Waals surface area contributed by atoms with E-state index in [9.17, 15) is 4.79 Å². The molecule has 1 rings (SSSR count). The molecule has 19 heavy (non-hydrogen) atoms. The summed E-state index contributed by atoms with van der Waals surface area (Å²) in [6, 6.07) is 0.275. The second-order valence-corrected chi connectivity index (χ2v) is 5.90. The Bertz CT molecular complexity index is 235. The van der Waals surface area contributed by atoms with Crippen molar-refractivity contribution in [1.82, 2.24) is 4.90 Å². The molecule has 0 aliphatic carbocycles. The molecular weight excluding hydrogens is 238 g/mol. The maximum Gasteiger partial charge on any atom is 0.304 e. The lowest BCUT2D eigenvalue weighted by Gasteiger charge is -2.29.